The van der Waals surface area contributed by atoms with E-state index in [2.05, 4.69) is 0 Å². The molecule has 54 N–H and O–H groups in total. The number of rotatable bonds is 0. The topological polar surface area (TPSA) is 850 Å². The molecule has 27 nitrogen and oxygen atoms in total. The van der Waals surface area contributed by atoms with Crippen molar-refractivity contribution in [3.05, 3.63) is 0 Å². The van der Waals surface area contributed by atoms with Crippen LogP contribution in [0.3, 0.4) is 0 Å². The summed E-state index contributed by atoms with van der Waals surface area (Å²) in [5.41, 5.74) is 0. The van der Waals surface area contributed by atoms with Crippen LogP contribution in [0.2, 0.25) is 0 Å². The maximum atomic E-state index is 0. The SMILES string of the molecule is O.O.O.O.O.O.O.O.O.O.O.O.O.O.O.O.O.O.O.O.O.O.O.O.O.O.O.[AlH3].[AlH3].[AlH3].[AlH3].[AlH3].[AlH3].[AlH3].[AlH3].[AlH3].[AlH3].[AlH3].[AlH3].[AlH3]. The van der Waals surface area contributed by atoms with Gasteiger partial charge in [-0.1, -0.05) is 0 Å². The molecule has 40 heteroatoms. The molecule has 0 amide bonds. The molecule has 0 aliphatic heterocycles. The van der Waals surface area contributed by atoms with Gasteiger partial charge in [0.25, 0.3) is 0 Å². The van der Waals surface area contributed by atoms with Gasteiger partial charge in [-0.25, -0.2) is 0 Å². The lowest BCUT2D eigenvalue weighted by Gasteiger charge is -0.413. The van der Waals surface area contributed by atoms with E-state index < -0.39 is 0 Å². The highest BCUT2D eigenvalue weighted by atomic mass is 27.0. The van der Waals surface area contributed by atoms with Gasteiger partial charge in [0, 0.05) is 0 Å². The van der Waals surface area contributed by atoms with Gasteiger partial charge in [-0.05, 0) is 0 Å². The van der Waals surface area contributed by atoms with Gasteiger partial charge in [-0.2, -0.15) is 0 Å². The third-order valence-electron chi connectivity index (χ3n) is 0. The van der Waals surface area contributed by atoms with Gasteiger partial charge in [0.05, 0.1) is 0 Å². The first-order valence-corrected chi connectivity index (χ1v) is 0. The third kappa shape index (κ3) is 2360. The predicted octanol–water partition coefficient (Wildman–Crippen LogP) is -37.7. The van der Waals surface area contributed by atoms with E-state index in [9.17, 15) is 0 Å². The minimum absolute atomic E-state index is 0. The molecule has 0 fully saturated rings. The maximum Gasteiger partial charge on any atom is 0.187 e. The van der Waals surface area contributed by atoms with Crippen LogP contribution in [-0.2, 0) is 0 Å². The van der Waals surface area contributed by atoms with Crippen molar-refractivity contribution in [1.29, 1.82) is 0 Å². The molecule has 0 spiro atoms. The Balaban J connectivity index is 0. The Labute approximate surface area is 369 Å². The average molecular weight is 876 g/mol. The Bertz CT molecular complexity index is 36.4. The standard InChI is InChI=1S/13Al.27H2O.39H/h;;;;;;;;;;;;;27*1H2;;;;;;;;;;;;;;;;;;;;;;;;;;;;;;;;;;;;;;;. The molecular formula is H93Al13O27. The van der Waals surface area contributed by atoms with E-state index >= 15 is 0 Å². The normalized spacial score (nSPS) is 0. The van der Waals surface area contributed by atoms with E-state index in [1.807, 2.05) is 0 Å². The molecule has 294 valence electrons. The quantitative estimate of drug-likeness (QED) is 0.205. The van der Waals surface area contributed by atoms with Crippen molar-refractivity contribution in [1.82, 2.24) is 0 Å². The average Bonchev–Trinajstić information content (AvgIpc) is 0. The number of hydrogen-bond donors (Lipinski definition) is 0. The Morgan fingerprint density at radius 1 is 0.0500 bits per heavy atom. The molecule has 0 unspecified atom stereocenters. The van der Waals surface area contributed by atoms with Gasteiger partial charge in [0.1, 0.15) is 0 Å². The fourth-order valence-corrected chi connectivity index (χ4v) is 0. The largest absolute Gasteiger partial charge is 0.412 e. The van der Waals surface area contributed by atoms with Crippen LogP contribution < -0.4 is 0 Å². The van der Waals surface area contributed by atoms with Crippen LogP contribution >= 0.6 is 0 Å². The Kier molecular flexibility index (Phi) is 171000. The highest BCUT2D eigenvalue weighted by Crippen LogP contribution is -0.260. The molecule has 0 aliphatic carbocycles. The first-order valence-electron chi connectivity index (χ1n) is 0. The summed E-state index contributed by atoms with van der Waals surface area (Å²) in [4.78, 5) is 0. The zero-order valence-electron chi connectivity index (χ0n) is 13.5. The minimum Gasteiger partial charge on any atom is -0.412 e. The number of hydrogen-bond acceptors (Lipinski definition) is 0. The van der Waals surface area contributed by atoms with Crippen LogP contribution in [-0.4, -0.2) is 374 Å². The highest BCUT2D eigenvalue weighted by Gasteiger charge is 0.199. The summed E-state index contributed by atoms with van der Waals surface area (Å²) < 4.78 is 0. The van der Waals surface area contributed by atoms with Gasteiger partial charge in [-0.15, -0.1) is 0 Å². The molecule has 0 saturated carbocycles. The molecule has 0 saturated heterocycles. The summed E-state index contributed by atoms with van der Waals surface area (Å²) in [6, 6.07) is 0. The van der Waals surface area contributed by atoms with Crippen molar-refractivity contribution in [2.75, 3.05) is 0 Å². The summed E-state index contributed by atoms with van der Waals surface area (Å²) >= 11 is 0. The molecule has 0 atom stereocenters. The molecule has 0 aromatic heterocycles. The molecule has 0 aromatic carbocycles. The fourth-order valence-electron chi connectivity index (χ4n) is 0. The molecule has 0 bridgehead atoms. The summed E-state index contributed by atoms with van der Waals surface area (Å²) in [5, 5.41) is 0. The maximum absolute atomic E-state index is 0. The van der Waals surface area contributed by atoms with Crippen molar-refractivity contribution in [3.8, 4) is 0 Å². The van der Waals surface area contributed by atoms with Crippen molar-refractivity contribution < 1.29 is 148 Å². The van der Waals surface area contributed by atoms with E-state index in [0.717, 1.165) is 0 Å². The summed E-state index contributed by atoms with van der Waals surface area (Å²) in [7, 11) is 0. The Hall–Kier alpha value is 5.84. The summed E-state index contributed by atoms with van der Waals surface area (Å²) in [5.74, 6) is 0. The van der Waals surface area contributed by atoms with Gasteiger partial charge in [0.15, 0.2) is 226 Å². The molecular weight excluding hydrogens is 783 g/mol. The van der Waals surface area contributed by atoms with E-state index in [0.29, 0.717) is 0 Å². The van der Waals surface area contributed by atoms with Gasteiger partial charge >= 0.3 is 0 Å². The van der Waals surface area contributed by atoms with Crippen LogP contribution in [0.15, 0.2) is 0 Å². The first kappa shape index (κ1) is 2700. The minimum atomic E-state index is 0. The van der Waals surface area contributed by atoms with Crippen molar-refractivity contribution in [3.63, 3.8) is 0 Å². The second kappa shape index (κ2) is 2530. The van der Waals surface area contributed by atoms with Crippen molar-refractivity contribution in [2.45, 2.75) is 0 Å². The van der Waals surface area contributed by atoms with E-state index in [1.54, 1.807) is 0 Å². The summed E-state index contributed by atoms with van der Waals surface area (Å²) in [6.07, 6.45) is 0. The predicted molar refractivity (Wildman–Crippen MR) is 227 cm³/mol. The zero-order valence-corrected chi connectivity index (χ0v) is 13.5. The molecule has 0 rings (SSSR count). The van der Waals surface area contributed by atoms with Crippen LogP contribution in [0.4, 0.5) is 0 Å². The van der Waals surface area contributed by atoms with Crippen LogP contribution in [0.25, 0.3) is 0 Å². The van der Waals surface area contributed by atoms with E-state index in [4.69, 9.17) is 0 Å². The molecule has 0 aromatic rings. The molecule has 0 radical (unpaired) electrons. The van der Waals surface area contributed by atoms with E-state index in [1.165, 1.54) is 0 Å². The zero-order chi connectivity index (χ0) is 0. The molecule has 0 heterocycles. The Morgan fingerprint density at radius 2 is 0.0500 bits per heavy atom. The highest BCUT2D eigenvalue weighted by molar-refractivity contribution is 5.77. The second-order valence-electron chi connectivity index (χ2n) is 0. The lowest BCUT2D eigenvalue weighted by molar-refractivity contribution is 0.823. The lowest BCUT2D eigenvalue weighted by atomic mass is 16.0. The van der Waals surface area contributed by atoms with Crippen molar-refractivity contribution in [2.24, 2.45) is 0 Å². The van der Waals surface area contributed by atoms with Gasteiger partial charge in [0.2, 0.25) is 0 Å². The Morgan fingerprint density at radius 3 is 0.0500 bits per heavy atom. The molecule has 0 aliphatic rings. The first-order chi connectivity index (χ1) is 0. The van der Waals surface area contributed by atoms with Crippen LogP contribution in [0.5, 0.6) is 0 Å². The van der Waals surface area contributed by atoms with E-state index in [-0.39, 0.29) is 374 Å². The monoisotopic (exact) mass is 876 g/mol. The van der Waals surface area contributed by atoms with Crippen molar-refractivity contribution >= 4 is 226 Å². The third-order valence-corrected chi connectivity index (χ3v) is 0. The lowest BCUT2D eigenvalue weighted by Crippen LogP contribution is -0.382. The second-order valence-corrected chi connectivity index (χ2v) is 0. The van der Waals surface area contributed by atoms with Gasteiger partial charge < -0.3 is 148 Å². The van der Waals surface area contributed by atoms with Crippen LogP contribution in [0, 0.1) is 0 Å². The fraction of sp³-hybridized carbons (Fsp3) is 0. The summed E-state index contributed by atoms with van der Waals surface area (Å²) in [6.45, 7) is 0. The molecule has 40 heavy (non-hydrogen) atoms. The van der Waals surface area contributed by atoms with Gasteiger partial charge in [-0.3, -0.25) is 0 Å². The smallest absolute Gasteiger partial charge is 0.187 e. The van der Waals surface area contributed by atoms with Crippen LogP contribution in [0.1, 0.15) is 0 Å².